The molecule has 0 aliphatic carbocycles. The van der Waals surface area contributed by atoms with E-state index in [0.717, 1.165) is 34.3 Å². The maximum Gasteiger partial charge on any atom is 0.140 e. The van der Waals surface area contributed by atoms with Gasteiger partial charge in [-0.3, -0.25) is 4.98 Å². The van der Waals surface area contributed by atoms with Crippen LogP contribution in [0.2, 0.25) is 0 Å². The van der Waals surface area contributed by atoms with Gasteiger partial charge >= 0.3 is 0 Å². The predicted molar refractivity (Wildman–Crippen MR) is 80.4 cm³/mol. The number of H-pyrrole nitrogens is 1. The van der Waals surface area contributed by atoms with E-state index >= 15 is 0 Å². The van der Waals surface area contributed by atoms with Gasteiger partial charge in [-0.1, -0.05) is 0 Å². The predicted octanol–water partition coefficient (Wildman–Crippen LogP) is 1.31. The summed E-state index contributed by atoms with van der Waals surface area (Å²) in [6.07, 6.45) is 3.61. The average molecular weight is 284 g/mol. The normalized spacial score (nSPS) is 19.5. The molecule has 1 saturated heterocycles. The molecule has 1 aliphatic heterocycles. The summed E-state index contributed by atoms with van der Waals surface area (Å²) in [7, 11) is 0. The van der Waals surface area contributed by atoms with Gasteiger partial charge in [0.15, 0.2) is 0 Å². The SMILES string of the molecule is OC[C@@H]1COCCN1c1ccc2c(n1)[nH]c1ccncc12. The van der Waals surface area contributed by atoms with Gasteiger partial charge in [0.05, 0.1) is 31.4 Å². The molecule has 4 rings (SSSR count). The van der Waals surface area contributed by atoms with Crippen LogP contribution in [0.1, 0.15) is 0 Å². The number of ether oxygens (including phenoxy) is 1. The number of aliphatic hydroxyl groups excluding tert-OH is 1. The summed E-state index contributed by atoms with van der Waals surface area (Å²) in [5.41, 5.74) is 1.88. The summed E-state index contributed by atoms with van der Waals surface area (Å²) in [5, 5.41) is 11.6. The molecule has 1 fully saturated rings. The van der Waals surface area contributed by atoms with Gasteiger partial charge in [-0.05, 0) is 18.2 Å². The van der Waals surface area contributed by atoms with Crippen LogP contribution < -0.4 is 4.90 Å². The van der Waals surface area contributed by atoms with Gasteiger partial charge in [-0.15, -0.1) is 0 Å². The molecule has 0 spiro atoms. The third kappa shape index (κ3) is 2.03. The van der Waals surface area contributed by atoms with Crippen molar-refractivity contribution in [1.82, 2.24) is 15.0 Å². The second-order valence-electron chi connectivity index (χ2n) is 5.22. The largest absolute Gasteiger partial charge is 0.394 e. The number of fused-ring (bicyclic) bond motifs is 3. The minimum absolute atomic E-state index is 0.0326. The molecule has 21 heavy (non-hydrogen) atoms. The molecule has 3 aromatic rings. The van der Waals surface area contributed by atoms with E-state index in [9.17, 15) is 5.11 Å². The fourth-order valence-electron chi connectivity index (χ4n) is 2.87. The lowest BCUT2D eigenvalue weighted by Gasteiger charge is -2.35. The standard InChI is InChI=1S/C15H16N4O2/c20-8-10-9-21-6-5-19(10)14-2-1-11-12-7-16-4-3-13(12)17-15(11)18-14/h1-4,7,10,20H,5-6,8-9H2,(H,17,18)/t10-/m1/s1. The van der Waals surface area contributed by atoms with E-state index in [1.54, 1.807) is 6.20 Å². The van der Waals surface area contributed by atoms with Crippen LogP contribution in [0, 0.1) is 0 Å². The van der Waals surface area contributed by atoms with Crippen molar-refractivity contribution in [3.8, 4) is 0 Å². The first kappa shape index (κ1) is 12.6. The molecular weight excluding hydrogens is 268 g/mol. The molecule has 4 heterocycles. The summed E-state index contributed by atoms with van der Waals surface area (Å²) in [5.74, 6) is 0.865. The first-order chi connectivity index (χ1) is 10.4. The van der Waals surface area contributed by atoms with Gasteiger partial charge in [-0.25, -0.2) is 4.98 Å². The van der Waals surface area contributed by atoms with Crippen molar-refractivity contribution in [2.24, 2.45) is 0 Å². The highest BCUT2D eigenvalue weighted by molar-refractivity contribution is 6.05. The van der Waals surface area contributed by atoms with Gasteiger partial charge in [0, 0.05) is 29.7 Å². The number of pyridine rings is 2. The first-order valence-corrected chi connectivity index (χ1v) is 7.04. The van der Waals surface area contributed by atoms with E-state index in [1.807, 2.05) is 18.3 Å². The number of morpholine rings is 1. The first-order valence-electron chi connectivity index (χ1n) is 7.04. The lowest BCUT2D eigenvalue weighted by atomic mass is 10.2. The molecule has 0 unspecified atom stereocenters. The van der Waals surface area contributed by atoms with Crippen molar-refractivity contribution >= 4 is 27.8 Å². The Morgan fingerprint density at radius 2 is 2.29 bits per heavy atom. The van der Waals surface area contributed by atoms with Crippen LogP contribution in [-0.4, -0.2) is 52.5 Å². The van der Waals surface area contributed by atoms with Gasteiger partial charge < -0.3 is 19.7 Å². The zero-order valence-corrected chi connectivity index (χ0v) is 11.5. The minimum Gasteiger partial charge on any atom is -0.394 e. The van der Waals surface area contributed by atoms with Crippen LogP contribution in [-0.2, 0) is 4.74 Å². The Hall–Kier alpha value is -2.18. The maximum atomic E-state index is 9.48. The molecule has 1 atom stereocenters. The summed E-state index contributed by atoms with van der Waals surface area (Å²) in [6.45, 7) is 2.00. The quantitative estimate of drug-likeness (QED) is 0.742. The molecule has 0 saturated carbocycles. The van der Waals surface area contributed by atoms with Crippen LogP contribution in [0.25, 0.3) is 21.9 Å². The number of anilines is 1. The number of hydrogen-bond donors (Lipinski definition) is 2. The topological polar surface area (TPSA) is 74.3 Å². The molecule has 3 aromatic heterocycles. The van der Waals surface area contributed by atoms with Crippen molar-refractivity contribution in [2.45, 2.75) is 6.04 Å². The van der Waals surface area contributed by atoms with Crippen LogP contribution in [0.4, 0.5) is 5.82 Å². The number of hydrogen-bond acceptors (Lipinski definition) is 5. The Kier molecular flexibility index (Phi) is 2.98. The van der Waals surface area contributed by atoms with Crippen molar-refractivity contribution < 1.29 is 9.84 Å². The summed E-state index contributed by atoms with van der Waals surface area (Å²) >= 11 is 0. The van der Waals surface area contributed by atoms with Crippen molar-refractivity contribution in [3.63, 3.8) is 0 Å². The molecule has 108 valence electrons. The number of aromatic amines is 1. The second-order valence-corrected chi connectivity index (χ2v) is 5.22. The van der Waals surface area contributed by atoms with E-state index < -0.39 is 0 Å². The van der Waals surface area contributed by atoms with E-state index in [-0.39, 0.29) is 12.6 Å². The van der Waals surface area contributed by atoms with Crippen LogP contribution in [0.5, 0.6) is 0 Å². The summed E-state index contributed by atoms with van der Waals surface area (Å²) < 4.78 is 5.41. The Balaban J connectivity index is 1.81. The van der Waals surface area contributed by atoms with Crippen molar-refractivity contribution in [2.75, 3.05) is 31.3 Å². The fraction of sp³-hybridized carbons (Fsp3) is 0.333. The number of nitrogens with zero attached hydrogens (tertiary/aromatic N) is 3. The molecule has 0 aromatic carbocycles. The summed E-state index contributed by atoms with van der Waals surface area (Å²) in [4.78, 5) is 14.3. The molecule has 1 aliphatic rings. The molecule has 6 nitrogen and oxygen atoms in total. The van der Waals surface area contributed by atoms with Gasteiger partial charge in [-0.2, -0.15) is 0 Å². The van der Waals surface area contributed by atoms with E-state index in [0.29, 0.717) is 13.2 Å². The highest BCUT2D eigenvalue weighted by Gasteiger charge is 2.23. The lowest BCUT2D eigenvalue weighted by molar-refractivity contribution is 0.0723. The Labute approximate surface area is 121 Å². The highest BCUT2D eigenvalue weighted by atomic mass is 16.5. The van der Waals surface area contributed by atoms with Crippen molar-refractivity contribution in [3.05, 3.63) is 30.6 Å². The lowest BCUT2D eigenvalue weighted by Crippen LogP contribution is -2.48. The Morgan fingerprint density at radius 3 is 3.19 bits per heavy atom. The monoisotopic (exact) mass is 284 g/mol. The molecular formula is C15H16N4O2. The van der Waals surface area contributed by atoms with E-state index in [4.69, 9.17) is 9.72 Å². The second kappa shape index (κ2) is 4.98. The Morgan fingerprint density at radius 1 is 1.33 bits per heavy atom. The molecule has 0 bridgehead atoms. The molecule has 6 heteroatoms. The maximum absolute atomic E-state index is 9.48. The van der Waals surface area contributed by atoms with Crippen LogP contribution >= 0.6 is 0 Å². The molecule has 0 amide bonds. The molecule has 2 N–H and O–H groups in total. The number of aromatic nitrogens is 3. The van der Waals surface area contributed by atoms with Gasteiger partial charge in [0.2, 0.25) is 0 Å². The van der Waals surface area contributed by atoms with E-state index in [1.165, 1.54) is 0 Å². The average Bonchev–Trinajstić information content (AvgIpc) is 2.92. The van der Waals surface area contributed by atoms with Crippen LogP contribution in [0.3, 0.4) is 0 Å². The fourth-order valence-corrected chi connectivity index (χ4v) is 2.87. The highest BCUT2D eigenvalue weighted by Crippen LogP contribution is 2.26. The third-order valence-electron chi connectivity index (χ3n) is 3.98. The van der Waals surface area contributed by atoms with Crippen molar-refractivity contribution in [1.29, 1.82) is 0 Å². The minimum atomic E-state index is -0.0326. The zero-order valence-electron chi connectivity index (χ0n) is 11.5. The zero-order chi connectivity index (χ0) is 14.2. The summed E-state index contributed by atoms with van der Waals surface area (Å²) in [6, 6.07) is 5.97. The van der Waals surface area contributed by atoms with E-state index in [2.05, 4.69) is 20.9 Å². The third-order valence-corrected chi connectivity index (χ3v) is 3.98. The smallest absolute Gasteiger partial charge is 0.140 e. The number of nitrogens with one attached hydrogen (secondary N) is 1. The van der Waals surface area contributed by atoms with Gasteiger partial charge in [0.1, 0.15) is 11.5 Å². The molecule has 0 radical (unpaired) electrons. The van der Waals surface area contributed by atoms with Crippen LogP contribution in [0.15, 0.2) is 30.6 Å². The number of rotatable bonds is 2. The van der Waals surface area contributed by atoms with Gasteiger partial charge in [0.25, 0.3) is 0 Å². The number of aliphatic hydroxyl groups is 1. The Bertz CT molecular complexity index is 786.